The fraction of sp³-hybridized carbons (Fsp3) is 1.00. The van der Waals surface area contributed by atoms with Crippen LogP contribution in [0.1, 0.15) is 66.2 Å². The highest BCUT2D eigenvalue weighted by Gasteiger charge is 2.39. The van der Waals surface area contributed by atoms with Gasteiger partial charge in [0.15, 0.2) is 0 Å². The summed E-state index contributed by atoms with van der Waals surface area (Å²) in [5.74, 6) is 4.81. The molecular weight excluding hydrogens is 218 g/mol. The maximum absolute atomic E-state index is 3.91. The van der Waals surface area contributed by atoms with Gasteiger partial charge in [-0.15, -0.1) is 0 Å². The Bertz CT molecular complexity index is 236. The first-order valence-corrected chi connectivity index (χ1v) is 8.28. The van der Waals surface area contributed by atoms with E-state index in [-0.39, 0.29) is 0 Å². The van der Waals surface area contributed by atoms with Crippen molar-refractivity contribution in [2.45, 2.75) is 72.3 Å². The molecule has 2 fully saturated rings. The van der Waals surface area contributed by atoms with Gasteiger partial charge >= 0.3 is 0 Å². The van der Waals surface area contributed by atoms with Crippen molar-refractivity contribution in [3.8, 4) is 0 Å². The van der Waals surface area contributed by atoms with Crippen molar-refractivity contribution in [3.05, 3.63) is 0 Å². The van der Waals surface area contributed by atoms with E-state index in [1.54, 1.807) is 6.42 Å². The van der Waals surface area contributed by atoms with Crippen molar-refractivity contribution in [2.75, 3.05) is 6.54 Å². The summed E-state index contributed by atoms with van der Waals surface area (Å²) in [4.78, 5) is 0. The smallest absolute Gasteiger partial charge is 0.00720 e. The number of hydrogen-bond acceptors (Lipinski definition) is 1. The van der Waals surface area contributed by atoms with Crippen LogP contribution < -0.4 is 5.32 Å². The summed E-state index contributed by atoms with van der Waals surface area (Å²) in [6, 6.07) is 0.754. The van der Waals surface area contributed by atoms with E-state index in [1.165, 1.54) is 38.6 Å². The molecule has 106 valence electrons. The molecule has 1 heteroatoms. The zero-order chi connectivity index (χ0) is 13.1. The van der Waals surface area contributed by atoms with E-state index in [0.29, 0.717) is 0 Å². The van der Waals surface area contributed by atoms with Crippen molar-refractivity contribution >= 4 is 0 Å². The van der Waals surface area contributed by atoms with Crippen LogP contribution in [0.25, 0.3) is 0 Å². The van der Waals surface area contributed by atoms with Crippen LogP contribution >= 0.6 is 0 Å². The molecule has 0 heterocycles. The summed E-state index contributed by atoms with van der Waals surface area (Å²) >= 11 is 0. The SMILES string of the molecule is CC(C)CC(CC(C)C)NCC1CC2CCC1C2. The van der Waals surface area contributed by atoms with Gasteiger partial charge in [0.25, 0.3) is 0 Å². The Morgan fingerprint density at radius 3 is 2.06 bits per heavy atom. The van der Waals surface area contributed by atoms with E-state index in [1.807, 2.05) is 0 Å². The van der Waals surface area contributed by atoms with Gasteiger partial charge in [0.2, 0.25) is 0 Å². The molecule has 0 aromatic heterocycles. The molecule has 0 spiro atoms. The van der Waals surface area contributed by atoms with Crippen molar-refractivity contribution in [2.24, 2.45) is 29.6 Å². The predicted octanol–water partition coefficient (Wildman–Crippen LogP) is 4.47. The van der Waals surface area contributed by atoms with E-state index < -0.39 is 0 Å². The molecule has 0 amide bonds. The average Bonchev–Trinajstić information content (AvgIpc) is 2.85. The maximum atomic E-state index is 3.91. The average molecular weight is 251 g/mol. The number of hydrogen-bond donors (Lipinski definition) is 1. The van der Waals surface area contributed by atoms with Crippen LogP contribution in [0.15, 0.2) is 0 Å². The van der Waals surface area contributed by atoms with Crippen molar-refractivity contribution < 1.29 is 0 Å². The Balaban J connectivity index is 1.74. The second-order valence-electron chi connectivity index (χ2n) is 7.80. The van der Waals surface area contributed by atoms with Gasteiger partial charge < -0.3 is 5.32 Å². The molecule has 0 aromatic carbocycles. The van der Waals surface area contributed by atoms with Crippen LogP contribution in [0, 0.1) is 29.6 Å². The molecule has 0 aliphatic heterocycles. The molecule has 3 unspecified atom stereocenters. The number of nitrogens with one attached hydrogen (secondary N) is 1. The molecule has 18 heavy (non-hydrogen) atoms. The fourth-order valence-electron chi connectivity index (χ4n) is 4.35. The lowest BCUT2D eigenvalue weighted by molar-refractivity contribution is 0.281. The van der Waals surface area contributed by atoms with Crippen LogP contribution in [0.5, 0.6) is 0 Å². The topological polar surface area (TPSA) is 12.0 Å². The Morgan fingerprint density at radius 2 is 1.61 bits per heavy atom. The van der Waals surface area contributed by atoms with Gasteiger partial charge in [-0.05, 0) is 68.2 Å². The Morgan fingerprint density at radius 1 is 0.944 bits per heavy atom. The van der Waals surface area contributed by atoms with Gasteiger partial charge in [0.05, 0.1) is 0 Å². The monoisotopic (exact) mass is 251 g/mol. The minimum atomic E-state index is 0.754. The summed E-state index contributed by atoms with van der Waals surface area (Å²) in [5, 5.41) is 3.91. The maximum Gasteiger partial charge on any atom is 0.00720 e. The van der Waals surface area contributed by atoms with Gasteiger partial charge in [0, 0.05) is 6.04 Å². The molecule has 2 saturated carbocycles. The molecule has 1 N–H and O–H groups in total. The van der Waals surface area contributed by atoms with Gasteiger partial charge in [0.1, 0.15) is 0 Å². The van der Waals surface area contributed by atoms with Crippen molar-refractivity contribution in [1.82, 2.24) is 5.32 Å². The molecule has 2 rings (SSSR count). The first-order chi connectivity index (χ1) is 8.54. The zero-order valence-electron chi connectivity index (χ0n) is 12.9. The highest BCUT2D eigenvalue weighted by Crippen LogP contribution is 2.48. The van der Waals surface area contributed by atoms with Crippen LogP contribution in [0.2, 0.25) is 0 Å². The first kappa shape index (κ1) is 14.4. The van der Waals surface area contributed by atoms with Gasteiger partial charge in [-0.3, -0.25) is 0 Å². The molecule has 2 aliphatic carbocycles. The molecule has 0 radical (unpaired) electrons. The van der Waals surface area contributed by atoms with Crippen molar-refractivity contribution in [1.29, 1.82) is 0 Å². The molecule has 3 atom stereocenters. The van der Waals surface area contributed by atoms with Crippen LogP contribution in [0.3, 0.4) is 0 Å². The van der Waals surface area contributed by atoms with E-state index >= 15 is 0 Å². The second kappa shape index (κ2) is 6.41. The largest absolute Gasteiger partial charge is 0.314 e. The molecular formula is C17H33N. The highest BCUT2D eigenvalue weighted by molar-refractivity contribution is 4.91. The summed E-state index contributed by atoms with van der Waals surface area (Å²) in [6.45, 7) is 10.7. The zero-order valence-corrected chi connectivity index (χ0v) is 12.9. The van der Waals surface area contributed by atoms with E-state index in [0.717, 1.165) is 35.6 Å². The summed E-state index contributed by atoms with van der Waals surface area (Å²) in [6.07, 6.45) is 8.82. The molecule has 0 saturated heterocycles. The van der Waals surface area contributed by atoms with Crippen LogP contribution in [-0.2, 0) is 0 Å². The summed E-state index contributed by atoms with van der Waals surface area (Å²) < 4.78 is 0. The summed E-state index contributed by atoms with van der Waals surface area (Å²) in [5.41, 5.74) is 0. The standard InChI is InChI=1S/C17H33N/c1-12(2)7-17(8-13(3)4)18-11-16-10-14-5-6-15(16)9-14/h12-18H,5-11H2,1-4H3. The highest BCUT2D eigenvalue weighted by atomic mass is 14.9. The normalized spacial score (nSPS) is 31.2. The minimum absolute atomic E-state index is 0.754. The van der Waals surface area contributed by atoms with Crippen LogP contribution in [0.4, 0.5) is 0 Å². The van der Waals surface area contributed by atoms with Crippen molar-refractivity contribution in [3.63, 3.8) is 0 Å². The third kappa shape index (κ3) is 3.98. The Labute approximate surface area is 114 Å². The molecule has 0 aromatic rings. The van der Waals surface area contributed by atoms with Crippen LogP contribution in [-0.4, -0.2) is 12.6 Å². The lowest BCUT2D eigenvalue weighted by atomic mass is 9.88. The second-order valence-corrected chi connectivity index (χ2v) is 7.80. The summed E-state index contributed by atoms with van der Waals surface area (Å²) in [7, 11) is 0. The molecule has 2 bridgehead atoms. The van der Waals surface area contributed by atoms with E-state index in [9.17, 15) is 0 Å². The van der Waals surface area contributed by atoms with Gasteiger partial charge in [-0.2, -0.15) is 0 Å². The molecule has 1 nitrogen and oxygen atoms in total. The van der Waals surface area contributed by atoms with Gasteiger partial charge in [-0.25, -0.2) is 0 Å². The number of rotatable bonds is 7. The third-order valence-electron chi connectivity index (χ3n) is 5.07. The minimum Gasteiger partial charge on any atom is -0.314 e. The number of fused-ring (bicyclic) bond motifs is 2. The Hall–Kier alpha value is -0.0400. The van der Waals surface area contributed by atoms with E-state index in [4.69, 9.17) is 0 Å². The Kier molecular flexibility index (Phi) is 5.12. The fourth-order valence-corrected chi connectivity index (χ4v) is 4.35. The third-order valence-corrected chi connectivity index (χ3v) is 5.07. The quantitative estimate of drug-likeness (QED) is 0.704. The predicted molar refractivity (Wildman–Crippen MR) is 79.6 cm³/mol. The lowest BCUT2D eigenvalue weighted by Crippen LogP contribution is -2.36. The molecule has 2 aliphatic rings. The van der Waals surface area contributed by atoms with E-state index in [2.05, 4.69) is 33.0 Å². The lowest BCUT2D eigenvalue weighted by Gasteiger charge is -2.27. The van der Waals surface area contributed by atoms with Gasteiger partial charge in [-0.1, -0.05) is 34.1 Å². The first-order valence-electron chi connectivity index (χ1n) is 8.28.